The zero-order chi connectivity index (χ0) is 11.2. The van der Waals surface area contributed by atoms with Crippen molar-refractivity contribution in [1.29, 1.82) is 0 Å². The van der Waals surface area contributed by atoms with Crippen molar-refractivity contribution in [3.05, 3.63) is 10.0 Å². The lowest BCUT2D eigenvalue weighted by atomic mass is 10.1. The molecule has 0 saturated heterocycles. The average molecular weight is 238 g/mol. The summed E-state index contributed by atoms with van der Waals surface area (Å²) in [4.78, 5) is 11.2. The van der Waals surface area contributed by atoms with E-state index in [4.69, 9.17) is 0 Å². The van der Waals surface area contributed by atoms with Crippen LogP contribution in [0, 0.1) is 0 Å². The third kappa shape index (κ3) is 1.45. The topological polar surface area (TPSA) is 63.1 Å². The molecule has 86 valence electrons. The van der Waals surface area contributed by atoms with Crippen LogP contribution in [0.15, 0.2) is 0 Å². The molecule has 0 spiro atoms. The Morgan fingerprint density at radius 2 is 2.00 bits per heavy atom. The van der Waals surface area contributed by atoms with Gasteiger partial charge in [0, 0.05) is 5.92 Å². The molecule has 2 saturated carbocycles. The number of hydrogen-bond donors (Lipinski definition) is 1. The van der Waals surface area contributed by atoms with Crippen LogP contribution < -0.4 is 0 Å². The van der Waals surface area contributed by atoms with E-state index in [1.807, 2.05) is 0 Å². The van der Waals surface area contributed by atoms with E-state index in [0.29, 0.717) is 5.92 Å². The van der Waals surface area contributed by atoms with E-state index >= 15 is 0 Å². The van der Waals surface area contributed by atoms with Crippen LogP contribution in [-0.2, 0) is 10.2 Å². The maximum atomic E-state index is 11.2. The number of nitrogens with zero attached hydrogens (tertiary/aromatic N) is 2. The van der Waals surface area contributed by atoms with Gasteiger partial charge in [-0.2, -0.15) is 0 Å². The summed E-state index contributed by atoms with van der Waals surface area (Å²) in [6.07, 6.45) is 6.36. The number of carboxylic acid groups (broad SMARTS) is 1. The molecule has 0 radical (unpaired) electrons. The first-order valence-electron chi connectivity index (χ1n) is 5.80. The van der Waals surface area contributed by atoms with E-state index in [-0.39, 0.29) is 0 Å². The molecule has 1 aromatic heterocycles. The van der Waals surface area contributed by atoms with Crippen molar-refractivity contribution in [1.82, 2.24) is 10.2 Å². The van der Waals surface area contributed by atoms with Crippen LogP contribution in [0.1, 0.15) is 54.5 Å². The monoisotopic (exact) mass is 238 g/mol. The van der Waals surface area contributed by atoms with Gasteiger partial charge in [0.2, 0.25) is 0 Å². The van der Waals surface area contributed by atoms with Crippen molar-refractivity contribution < 1.29 is 9.90 Å². The zero-order valence-electron chi connectivity index (χ0n) is 8.98. The van der Waals surface area contributed by atoms with Gasteiger partial charge in [0.25, 0.3) is 0 Å². The summed E-state index contributed by atoms with van der Waals surface area (Å²) in [7, 11) is 0. The first kappa shape index (κ1) is 10.2. The Morgan fingerprint density at radius 1 is 1.31 bits per heavy atom. The second-order valence-corrected chi connectivity index (χ2v) is 5.82. The highest BCUT2D eigenvalue weighted by molar-refractivity contribution is 7.11. The van der Waals surface area contributed by atoms with Gasteiger partial charge in [0.05, 0.1) is 0 Å². The van der Waals surface area contributed by atoms with Gasteiger partial charge in [-0.05, 0) is 25.7 Å². The van der Waals surface area contributed by atoms with E-state index in [1.165, 1.54) is 37.0 Å². The number of rotatable bonds is 3. The van der Waals surface area contributed by atoms with Crippen LogP contribution in [0.5, 0.6) is 0 Å². The van der Waals surface area contributed by atoms with E-state index in [1.54, 1.807) is 0 Å². The summed E-state index contributed by atoms with van der Waals surface area (Å²) in [5, 5.41) is 19.2. The Bertz CT molecular complexity index is 419. The van der Waals surface area contributed by atoms with Gasteiger partial charge in [-0.1, -0.05) is 12.8 Å². The molecule has 1 N–H and O–H groups in total. The number of carbonyl (C=O) groups is 1. The van der Waals surface area contributed by atoms with Gasteiger partial charge >= 0.3 is 5.97 Å². The molecular formula is C11H14N2O2S. The number of aliphatic carboxylic acids is 1. The molecule has 16 heavy (non-hydrogen) atoms. The SMILES string of the molecule is O=C(O)C1(c2nnc(C3CCCC3)s2)CC1. The smallest absolute Gasteiger partial charge is 0.316 e. The second-order valence-electron chi connectivity index (χ2n) is 4.81. The Hall–Kier alpha value is -0.970. The maximum absolute atomic E-state index is 11.2. The average Bonchev–Trinajstić information content (AvgIpc) is 2.75. The molecule has 4 nitrogen and oxygen atoms in total. The molecular weight excluding hydrogens is 224 g/mol. The van der Waals surface area contributed by atoms with Gasteiger partial charge in [-0.15, -0.1) is 21.5 Å². The molecule has 0 aromatic carbocycles. The van der Waals surface area contributed by atoms with E-state index in [9.17, 15) is 9.90 Å². The lowest BCUT2D eigenvalue weighted by molar-refractivity contribution is -0.140. The van der Waals surface area contributed by atoms with Crippen molar-refractivity contribution >= 4 is 17.3 Å². The van der Waals surface area contributed by atoms with Crippen molar-refractivity contribution in [2.75, 3.05) is 0 Å². The highest BCUT2D eigenvalue weighted by atomic mass is 32.1. The number of hydrogen-bond acceptors (Lipinski definition) is 4. The van der Waals surface area contributed by atoms with E-state index < -0.39 is 11.4 Å². The Balaban J connectivity index is 1.85. The Labute approximate surface area is 97.7 Å². The fourth-order valence-electron chi connectivity index (χ4n) is 2.41. The minimum atomic E-state index is -0.735. The fourth-order valence-corrected chi connectivity index (χ4v) is 3.66. The van der Waals surface area contributed by atoms with Gasteiger partial charge in [0.1, 0.15) is 15.4 Å². The molecule has 0 bridgehead atoms. The third-order valence-corrected chi connectivity index (χ3v) is 5.00. The van der Waals surface area contributed by atoms with Gasteiger partial charge in [0.15, 0.2) is 0 Å². The van der Waals surface area contributed by atoms with Crippen LogP contribution in [-0.4, -0.2) is 21.3 Å². The van der Waals surface area contributed by atoms with Gasteiger partial charge in [-0.3, -0.25) is 4.79 Å². The first-order chi connectivity index (χ1) is 7.72. The number of carboxylic acids is 1. The van der Waals surface area contributed by atoms with Gasteiger partial charge in [-0.25, -0.2) is 0 Å². The Kier molecular flexibility index (Phi) is 2.24. The molecule has 0 unspecified atom stereocenters. The molecule has 1 heterocycles. The van der Waals surface area contributed by atoms with Crippen molar-refractivity contribution in [3.63, 3.8) is 0 Å². The molecule has 2 aliphatic rings. The highest BCUT2D eigenvalue weighted by Crippen LogP contribution is 2.50. The summed E-state index contributed by atoms with van der Waals surface area (Å²) in [5.41, 5.74) is -0.672. The summed E-state index contributed by atoms with van der Waals surface area (Å²) < 4.78 is 0. The molecule has 5 heteroatoms. The normalized spacial score (nSPS) is 23.5. The summed E-state index contributed by atoms with van der Waals surface area (Å²) >= 11 is 1.52. The van der Waals surface area contributed by atoms with Crippen LogP contribution >= 0.6 is 11.3 Å². The van der Waals surface area contributed by atoms with E-state index in [2.05, 4.69) is 10.2 Å². The minimum Gasteiger partial charge on any atom is -0.481 e. The Morgan fingerprint density at radius 3 is 2.56 bits per heavy atom. The molecule has 0 amide bonds. The van der Waals surface area contributed by atoms with Crippen molar-refractivity contribution in [3.8, 4) is 0 Å². The van der Waals surface area contributed by atoms with Crippen molar-refractivity contribution in [2.45, 2.75) is 49.9 Å². The van der Waals surface area contributed by atoms with Crippen molar-refractivity contribution in [2.24, 2.45) is 0 Å². The standard InChI is InChI=1S/C11H14N2O2S/c14-10(15)11(5-6-11)9-13-12-8(16-9)7-3-1-2-4-7/h7H,1-6H2,(H,14,15). The van der Waals surface area contributed by atoms with Crippen LogP contribution in [0.4, 0.5) is 0 Å². The lowest BCUT2D eigenvalue weighted by Gasteiger charge is -2.03. The predicted molar refractivity (Wildman–Crippen MR) is 59.7 cm³/mol. The number of aromatic nitrogens is 2. The second kappa shape index (κ2) is 3.52. The zero-order valence-corrected chi connectivity index (χ0v) is 9.79. The van der Waals surface area contributed by atoms with Crippen LogP contribution in [0.25, 0.3) is 0 Å². The van der Waals surface area contributed by atoms with Crippen LogP contribution in [0.3, 0.4) is 0 Å². The minimum absolute atomic E-state index is 0.538. The molecule has 0 atom stereocenters. The summed E-state index contributed by atoms with van der Waals surface area (Å²) in [5.74, 6) is -0.197. The summed E-state index contributed by atoms with van der Waals surface area (Å²) in [6.45, 7) is 0. The maximum Gasteiger partial charge on any atom is 0.316 e. The lowest BCUT2D eigenvalue weighted by Crippen LogP contribution is -2.19. The molecule has 1 aromatic rings. The summed E-state index contributed by atoms with van der Waals surface area (Å²) in [6, 6.07) is 0. The van der Waals surface area contributed by atoms with E-state index in [0.717, 1.165) is 22.9 Å². The first-order valence-corrected chi connectivity index (χ1v) is 6.61. The predicted octanol–water partition coefficient (Wildman–Crippen LogP) is 2.31. The quantitative estimate of drug-likeness (QED) is 0.877. The molecule has 0 aliphatic heterocycles. The molecule has 2 aliphatic carbocycles. The highest BCUT2D eigenvalue weighted by Gasteiger charge is 2.54. The largest absolute Gasteiger partial charge is 0.481 e. The molecule has 2 fully saturated rings. The third-order valence-electron chi connectivity index (χ3n) is 3.71. The van der Waals surface area contributed by atoms with Gasteiger partial charge < -0.3 is 5.11 Å². The molecule has 3 rings (SSSR count). The fraction of sp³-hybridized carbons (Fsp3) is 0.727. The van der Waals surface area contributed by atoms with Crippen LogP contribution in [0.2, 0.25) is 0 Å².